The molecule has 0 saturated heterocycles. The SMILES string of the molecule is COc1ccc(CCC(=O)O[C@@H](C)C(=O)NC(=O)NC(C)C)cc1. The highest BCUT2D eigenvalue weighted by molar-refractivity contribution is 5.97. The summed E-state index contributed by atoms with van der Waals surface area (Å²) in [7, 11) is 1.58. The van der Waals surface area contributed by atoms with Crippen LogP contribution in [0.4, 0.5) is 4.79 Å². The summed E-state index contributed by atoms with van der Waals surface area (Å²) in [6.45, 7) is 4.96. The Morgan fingerprint density at radius 3 is 2.25 bits per heavy atom. The van der Waals surface area contributed by atoms with Crippen molar-refractivity contribution < 1.29 is 23.9 Å². The van der Waals surface area contributed by atoms with Gasteiger partial charge in [0.1, 0.15) is 5.75 Å². The van der Waals surface area contributed by atoms with Crippen LogP contribution < -0.4 is 15.4 Å². The first-order valence-corrected chi connectivity index (χ1v) is 7.75. The van der Waals surface area contributed by atoms with Gasteiger partial charge >= 0.3 is 12.0 Å². The quantitative estimate of drug-likeness (QED) is 0.741. The molecule has 0 saturated carbocycles. The van der Waals surface area contributed by atoms with Gasteiger partial charge in [-0.3, -0.25) is 14.9 Å². The van der Waals surface area contributed by atoms with Gasteiger partial charge in [0, 0.05) is 12.5 Å². The number of carbonyl (C=O) groups excluding carboxylic acids is 3. The lowest BCUT2D eigenvalue weighted by molar-refractivity contribution is -0.154. The van der Waals surface area contributed by atoms with Crippen molar-refractivity contribution in [3.63, 3.8) is 0 Å². The smallest absolute Gasteiger partial charge is 0.321 e. The van der Waals surface area contributed by atoms with Crippen molar-refractivity contribution in [2.45, 2.75) is 45.8 Å². The minimum absolute atomic E-state index is 0.0971. The summed E-state index contributed by atoms with van der Waals surface area (Å²) in [5.74, 6) is -0.421. The third kappa shape index (κ3) is 7.13. The molecule has 1 aromatic carbocycles. The van der Waals surface area contributed by atoms with Crippen LogP contribution >= 0.6 is 0 Å². The Bertz CT molecular complexity index is 569. The lowest BCUT2D eigenvalue weighted by Crippen LogP contribution is -2.46. The summed E-state index contributed by atoms with van der Waals surface area (Å²) in [5.41, 5.74) is 0.959. The Morgan fingerprint density at radius 1 is 1.08 bits per heavy atom. The van der Waals surface area contributed by atoms with E-state index in [1.807, 2.05) is 24.3 Å². The Hall–Kier alpha value is -2.57. The summed E-state index contributed by atoms with van der Waals surface area (Å²) < 4.78 is 10.1. The van der Waals surface area contributed by atoms with E-state index in [0.29, 0.717) is 6.42 Å². The van der Waals surface area contributed by atoms with E-state index < -0.39 is 24.0 Å². The molecule has 2 N–H and O–H groups in total. The van der Waals surface area contributed by atoms with E-state index in [-0.39, 0.29) is 12.5 Å². The van der Waals surface area contributed by atoms with Crippen molar-refractivity contribution in [1.82, 2.24) is 10.6 Å². The van der Waals surface area contributed by atoms with Crippen LogP contribution in [0, 0.1) is 0 Å². The molecule has 0 aromatic heterocycles. The predicted octanol–water partition coefficient (Wildman–Crippen LogP) is 1.79. The molecule has 1 aromatic rings. The molecular formula is C17H24N2O5. The number of ether oxygens (including phenoxy) is 2. The number of benzene rings is 1. The average Bonchev–Trinajstić information content (AvgIpc) is 2.52. The van der Waals surface area contributed by atoms with E-state index in [0.717, 1.165) is 11.3 Å². The molecule has 0 radical (unpaired) electrons. The van der Waals surface area contributed by atoms with Crippen LogP contribution in [0.3, 0.4) is 0 Å². The Balaban J connectivity index is 2.37. The highest BCUT2D eigenvalue weighted by Gasteiger charge is 2.20. The van der Waals surface area contributed by atoms with E-state index in [2.05, 4.69) is 10.6 Å². The summed E-state index contributed by atoms with van der Waals surface area (Å²) >= 11 is 0. The molecular weight excluding hydrogens is 312 g/mol. The van der Waals surface area contributed by atoms with Gasteiger partial charge in [0.2, 0.25) is 0 Å². The fraction of sp³-hybridized carbons (Fsp3) is 0.471. The highest BCUT2D eigenvalue weighted by Crippen LogP contribution is 2.13. The second-order valence-electron chi connectivity index (χ2n) is 5.60. The summed E-state index contributed by atoms with van der Waals surface area (Å²) in [6.07, 6.45) is -0.404. The molecule has 0 aliphatic heterocycles. The summed E-state index contributed by atoms with van der Waals surface area (Å²) in [4.78, 5) is 35.0. The Labute approximate surface area is 141 Å². The minimum atomic E-state index is -1.04. The average molecular weight is 336 g/mol. The third-order valence-corrected chi connectivity index (χ3v) is 3.11. The maximum atomic E-state index is 11.8. The zero-order chi connectivity index (χ0) is 18.1. The lowest BCUT2D eigenvalue weighted by Gasteiger charge is -2.14. The summed E-state index contributed by atoms with van der Waals surface area (Å²) in [5, 5.41) is 4.64. The topological polar surface area (TPSA) is 93.7 Å². The van der Waals surface area contributed by atoms with Crippen LogP contribution in [0.5, 0.6) is 5.75 Å². The molecule has 0 aliphatic rings. The standard InChI is InChI=1S/C17H24N2O5/c1-11(2)18-17(22)19-16(21)12(3)24-15(20)10-7-13-5-8-14(23-4)9-6-13/h5-6,8-9,11-12H,7,10H2,1-4H3,(H2,18,19,21,22)/t12-/m0/s1. The molecule has 1 rings (SSSR count). The molecule has 132 valence electrons. The van der Waals surface area contributed by atoms with Gasteiger partial charge in [-0.1, -0.05) is 12.1 Å². The second-order valence-corrected chi connectivity index (χ2v) is 5.60. The minimum Gasteiger partial charge on any atom is -0.497 e. The van der Waals surface area contributed by atoms with Gasteiger partial charge in [-0.15, -0.1) is 0 Å². The van der Waals surface area contributed by atoms with Gasteiger partial charge in [-0.25, -0.2) is 4.79 Å². The monoisotopic (exact) mass is 336 g/mol. The van der Waals surface area contributed by atoms with Crippen LogP contribution in [0.25, 0.3) is 0 Å². The molecule has 7 heteroatoms. The van der Waals surface area contributed by atoms with E-state index in [4.69, 9.17) is 9.47 Å². The van der Waals surface area contributed by atoms with Gasteiger partial charge in [0.05, 0.1) is 7.11 Å². The summed E-state index contributed by atoms with van der Waals surface area (Å²) in [6, 6.07) is 6.63. The van der Waals surface area contributed by atoms with Gasteiger partial charge in [-0.05, 0) is 44.9 Å². The first-order chi connectivity index (χ1) is 11.3. The van der Waals surface area contributed by atoms with Crippen molar-refractivity contribution in [3.05, 3.63) is 29.8 Å². The highest BCUT2D eigenvalue weighted by atomic mass is 16.5. The zero-order valence-electron chi connectivity index (χ0n) is 14.4. The Morgan fingerprint density at radius 2 is 1.71 bits per heavy atom. The van der Waals surface area contributed by atoms with Crippen molar-refractivity contribution in [2.75, 3.05) is 7.11 Å². The zero-order valence-corrected chi connectivity index (χ0v) is 14.4. The van der Waals surface area contributed by atoms with Gasteiger partial charge < -0.3 is 14.8 Å². The molecule has 0 aliphatic carbocycles. The van der Waals surface area contributed by atoms with Crippen LogP contribution in [0.2, 0.25) is 0 Å². The first-order valence-electron chi connectivity index (χ1n) is 7.75. The Kier molecular flexibility index (Phi) is 7.74. The first kappa shape index (κ1) is 19.5. The third-order valence-electron chi connectivity index (χ3n) is 3.11. The lowest BCUT2D eigenvalue weighted by atomic mass is 10.1. The fourth-order valence-corrected chi connectivity index (χ4v) is 1.86. The van der Waals surface area contributed by atoms with Crippen LogP contribution in [-0.2, 0) is 20.7 Å². The number of aryl methyl sites for hydroxylation is 1. The van der Waals surface area contributed by atoms with E-state index in [9.17, 15) is 14.4 Å². The van der Waals surface area contributed by atoms with Crippen LogP contribution in [0.15, 0.2) is 24.3 Å². The number of urea groups is 1. The number of amides is 3. The molecule has 0 unspecified atom stereocenters. The van der Waals surface area contributed by atoms with E-state index in [1.54, 1.807) is 21.0 Å². The number of rotatable bonds is 7. The number of methoxy groups -OCH3 is 1. The predicted molar refractivity (Wildman–Crippen MR) is 88.7 cm³/mol. The van der Waals surface area contributed by atoms with Crippen molar-refractivity contribution in [2.24, 2.45) is 0 Å². The molecule has 0 heterocycles. The maximum Gasteiger partial charge on any atom is 0.321 e. The number of nitrogens with one attached hydrogen (secondary N) is 2. The van der Waals surface area contributed by atoms with Crippen LogP contribution in [0.1, 0.15) is 32.8 Å². The molecule has 0 fully saturated rings. The van der Waals surface area contributed by atoms with Gasteiger partial charge in [0.15, 0.2) is 6.10 Å². The number of imide groups is 1. The van der Waals surface area contributed by atoms with Crippen molar-refractivity contribution >= 4 is 17.9 Å². The van der Waals surface area contributed by atoms with Gasteiger partial charge in [0.25, 0.3) is 5.91 Å². The van der Waals surface area contributed by atoms with Crippen molar-refractivity contribution in [1.29, 1.82) is 0 Å². The second kappa shape index (κ2) is 9.54. The molecule has 3 amide bonds. The molecule has 7 nitrogen and oxygen atoms in total. The van der Waals surface area contributed by atoms with Crippen molar-refractivity contribution in [3.8, 4) is 5.75 Å². The molecule has 0 spiro atoms. The number of hydrogen-bond donors (Lipinski definition) is 2. The molecule has 0 bridgehead atoms. The largest absolute Gasteiger partial charge is 0.497 e. The number of carbonyl (C=O) groups is 3. The van der Waals surface area contributed by atoms with E-state index >= 15 is 0 Å². The van der Waals surface area contributed by atoms with E-state index in [1.165, 1.54) is 6.92 Å². The normalized spacial score (nSPS) is 11.5. The molecule has 24 heavy (non-hydrogen) atoms. The number of esters is 1. The fourth-order valence-electron chi connectivity index (χ4n) is 1.86. The van der Waals surface area contributed by atoms with Crippen LogP contribution in [-0.4, -0.2) is 37.2 Å². The number of hydrogen-bond acceptors (Lipinski definition) is 5. The molecule has 1 atom stereocenters. The maximum absolute atomic E-state index is 11.8. The van der Waals surface area contributed by atoms with Gasteiger partial charge in [-0.2, -0.15) is 0 Å².